The van der Waals surface area contributed by atoms with Gasteiger partial charge in [-0.25, -0.2) is 20.2 Å². The Labute approximate surface area is 169 Å². The molecular formula is C20H26FN7O. The molecule has 1 unspecified atom stereocenters. The number of morpholine rings is 1. The van der Waals surface area contributed by atoms with Crippen LogP contribution < -0.4 is 16.5 Å². The number of benzene rings is 1. The summed E-state index contributed by atoms with van der Waals surface area (Å²) in [4.78, 5) is 10.7. The molecule has 1 aromatic carbocycles. The predicted molar refractivity (Wildman–Crippen MR) is 112 cm³/mol. The maximum atomic E-state index is 14.4. The van der Waals surface area contributed by atoms with Crippen LogP contribution in [0.5, 0.6) is 0 Å². The van der Waals surface area contributed by atoms with Gasteiger partial charge in [-0.05, 0) is 31.6 Å². The molecule has 0 spiro atoms. The molecule has 2 heterocycles. The predicted octanol–water partition coefficient (Wildman–Crippen LogP) is 2.01. The number of allylic oxidation sites excluding steroid dienone is 1. The summed E-state index contributed by atoms with van der Waals surface area (Å²) in [6, 6.07) is 4.53. The topological polar surface area (TPSA) is 117 Å². The van der Waals surface area contributed by atoms with E-state index in [1.165, 1.54) is 17.4 Å². The van der Waals surface area contributed by atoms with Crippen LogP contribution in [0.3, 0.4) is 0 Å². The van der Waals surface area contributed by atoms with E-state index in [9.17, 15) is 4.39 Å². The van der Waals surface area contributed by atoms with E-state index >= 15 is 0 Å². The fourth-order valence-electron chi connectivity index (χ4n) is 3.30. The molecule has 2 aromatic rings. The molecule has 0 radical (unpaired) electrons. The molecule has 0 aliphatic carbocycles. The van der Waals surface area contributed by atoms with E-state index in [0.29, 0.717) is 42.1 Å². The molecule has 1 aliphatic rings. The van der Waals surface area contributed by atoms with Gasteiger partial charge in [-0.15, -0.1) is 0 Å². The summed E-state index contributed by atoms with van der Waals surface area (Å²) < 4.78 is 20.0. The number of ether oxygens (including phenoxy) is 1. The number of nitrogens with one attached hydrogen (secondary N) is 1. The summed E-state index contributed by atoms with van der Waals surface area (Å²) in [5.74, 6) is 5.88. The Morgan fingerprint density at radius 2 is 2.10 bits per heavy atom. The number of halogens is 1. The summed E-state index contributed by atoms with van der Waals surface area (Å²) in [5, 5.41) is 9.96. The highest BCUT2D eigenvalue weighted by Crippen LogP contribution is 2.26. The second-order valence-electron chi connectivity index (χ2n) is 7.16. The van der Waals surface area contributed by atoms with Gasteiger partial charge in [-0.3, -0.25) is 5.41 Å². The van der Waals surface area contributed by atoms with Crippen LogP contribution in [0.15, 0.2) is 30.7 Å². The second kappa shape index (κ2) is 8.54. The molecule has 1 aliphatic heterocycles. The molecule has 1 aromatic heterocycles. The number of rotatable bonds is 5. The average Bonchev–Trinajstić information content (AvgIpc) is 2.67. The minimum Gasteiger partial charge on any atom is -0.398 e. The van der Waals surface area contributed by atoms with Crippen molar-refractivity contribution in [2.24, 2.45) is 5.84 Å². The Balaban J connectivity index is 1.95. The van der Waals surface area contributed by atoms with Gasteiger partial charge < -0.3 is 20.4 Å². The summed E-state index contributed by atoms with van der Waals surface area (Å²) in [5.41, 5.74) is 8.05. The van der Waals surface area contributed by atoms with Crippen molar-refractivity contribution in [2.75, 3.05) is 37.4 Å². The number of nitrogen functional groups attached to an aromatic ring is 1. The zero-order chi connectivity index (χ0) is 21.1. The molecule has 5 N–H and O–H groups in total. The smallest absolute Gasteiger partial charge is 0.132 e. The molecule has 3 rings (SSSR count). The first kappa shape index (κ1) is 20.7. The number of anilines is 2. The Hall–Kier alpha value is -3.04. The van der Waals surface area contributed by atoms with Gasteiger partial charge >= 0.3 is 0 Å². The zero-order valence-corrected chi connectivity index (χ0v) is 16.8. The van der Waals surface area contributed by atoms with Crippen molar-refractivity contribution >= 4 is 22.8 Å². The lowest BCUT2D eigenvalue weighted by Crippen LogP contribution is -2.41. The number of nitrogens with two attached hydrogens (primary N) is 2. The van der Waals surface area contributed by atoms with Crippen LogP contribution in [0.4, 0.5) is 15.9 Å². The highest BCUT2D eigenvalue weighted by molar-refractivity contribution is 6.13. The Kier molecular flexibility index (Phi) is 6.09. The van der Waals surface area contributed by atoms with Gasteiger partial charge in [0.15, 0.2) is 0 Å². The number of hydrazine groups is 1. The largest absolute Gasteiger partial charge is 0.398 e. The molecular weight excluding hydrogens is 373 g/mol. The van der Waals surface area contributed by atoms with E-state index in [0.717, 1.165) is 5.82 Å². The van der Waals surface area contributed by atoms with Gasteiger partial charge in [0.2, 0.25) is 0 Å². The SMILES string of the molecule is CC(=CN(C)N)c1cc(C(=N)c2cc(N3CCOC(C)C3)ncn2)c(N)cc1F. The fraction of sp³-hybridized carbons (Fsp3) is 0.350. The van der Waals surface area contributed by atoms with Crippen molar-refractivity contribution < 1.29 is 9.13 Å². The van der Waals surface area contributed by atoms with E-state index in [-0.39, 0.29) is 17.5 Å². The number of hydrogen-bond donors (Lipinski definition) is 3. The highest BCUT2D eigenvalue weighted by atomic mass is 19.1. The van der Waals surface area contributed by atoms with Gasteiger partial charge in [-0.2, -0.15) is 0 Å². The van der Waals surface area contributed by atoms with E-state index < -0.39 is 5.82 Å². The molecule has 1 fully saturated rings. The monoisotopic (exact) mass is 399 g/mol. The first-order valence-corrected chi connectivity index (χ1v) is 9.29. The molecule has 1 saturated heterocycles. The van der Waals surface area contributed by atoms with Gasteiger partial charge in [0.05, 0.1) is 24.1 Å². The van der Waals surface area contributed by atoms with Gasteiger partial charge in [0.25, 0.3) is 0 Å². The van der Waals surface area contributed by atoms with E-state index in [4.69, 9.17) is 21.7 Å². The van der Waals surface area contributed by atoms with Crippen LogP contribution in [0, 0.1) is 11.2 Å². The van der Waals surface area contributed by atoms with Crippen LogP contribution in [-0.2, 0) is 4.74 Å². The van der Waals surface area contributed by atoms with Crippen LogP contribution >= 0.6 is 0 Å². The molecule has 9 heteroatoms. The standard InChI is InChI=1S/C20H26FN7O/c1-12(9-27(3)24)14-6-15(17(22)7-16(14)21)20(23)18-8-19(26-11-25-18)28-4-5-29-13(2)10-28/h6-9,11,13,23H,4-5,10,22,24H2,1-3H3. The molecule has 29 heavy (non-hydrogen) atoms. The Morgan fingerprint density at radius 1 is 1.34 bits per heavy atom. The number of hydrogen-bond acceptors (Lipinski definition) is 8. The molecule has 0 amide bonds. The van der Waals surface area contributed by atoms with Gasteiger partial charge in [0.1, 0.15) is 18.0 Å². The van der Waals surface area contributed by atoms with Crippen molar-refractivity contribution in [3.8, 4) is 0 Å². The van der Waals surface area contributed by atoms with Crippen molar-refractivity contribution in [1.82, 2.24) is 15.0 Å². The van der Waals surface area contributed by atoms with Crippen molar-refractivity contribution in [3.63, 3.8) is 0 Å². The maximum Gasteiger partial charge on any atom is 0.132 e. The number of nitrogens with zero attached hydrogens (tertiary/aromatic N) is 4. The Bertz CT molecular complexity index is 944. The van der Waals surface area contributed by atoms with Crippen molar-refractivity contribution in [3.05, 3.63) is 53.4 Å². The summed E-state index contributed by atoms with van der Waals surface area (Å²) in [6.45, 7) is 5.80. The van der Waals surface area contributed by atoms with Crippen LogP contribution in [0.25, 0.3) is 5.57 Å². The van der Waals surface area contributed by atoms with Crippen LogP contribution in [0.2, 0.25) is 0 Å². The lowest BCUT2D eigenvalue weighted by Gasteiger charge is -2.32. The zero-order valence-electron chi connectivity index (χ0n) is 16.8. The second-order valence-corrected chi connectivity index (χ2v) is 7.16. The summed E-state index contributed by atoms with van der Waals surface area (Å²) in [7, 11) is 1.65. The van der Waals surface area contributed by atoms with Crippen LogP contribution in [-0.4, -0.2) is 53.5 Å². The minimum atomic E-state index is -0.472. The molecule has 154 valence electrons. The third-order valence-electron chi connectivity index (χ3n) is 4.70. The molecule has 8 nitrogen and oxygen atoms in total. The Morgan fingerprint density at radius 3 is 2.79 bits per heavy atom. The lowest BCUT2D eigenvalue weighted by atomic mass is 9.98. The summed E-state index contributed by atoms with van der Waals surface area (Å²) in [6.07, 6.45) is 3.13. The first-order valence-electron chi connectivity index (χ1n) is 9.29. The van der Waals surface area contributed by atoms with E-state index in [1.807, 2.05) is 6.92 Å². The third-order valence-corrected chi connectivity index (χ3v) is 4.70. The summed E-state index contributed by atoms with van der Waals surface area (Å²) >= 11 is 0. The molecule has 0 bridgehead atoms. The lowest BCUT2D eigenvalue weighted by molar-refractivity contribution is 0.0529. The maximum absolute atomic E-state index is 14.4. The number of aromatic nitrogens is 2. The highest BCUT2D eigenvalue weighted by Gasteiger charge is 2.20. The van der Waals surface area contributed by atoms with Crippen LogP contribution in [0.1, 0.15) is 30.7 Å². The molecule has 0 saturated carbocycles. The van der Waals surface area contributed by atoms with Gasteiger partial charge in [-0.1, -0.05) is 0 Å². The normalized spacial score (nSPS) is 17.3. The first-order chi connectivity index (χ1) is 13.8. The quantitative estimate of drug-likeness (QED) is 0.305. The third kappa shape index (κ3) is 4.69. The van der Waals surface area contributed by atoms with Gasteiger partial charge in [0, 0.05) is 49.2 Å². The van der Waals surface area contributed by atoms with Crippen molar-refractivity contribution in [1.29, 1.82) is 5.41 Å². The van der Waals surface area contributed by atoms with E-state index in [2.05, 4.69) is 14.9 Å². The molecule has 1 atom stereocenters. The minimum absolute atomic E-state index is 0.0996. The van der Waals surface area contributed by atoms with E-state index in [1.54, 1.807) is 32.3 Å². The van der Waals surface area contributed by atoms with Crippen molar-refractivity contribution in [2.45, 2.75) is 20.0 Å². The fourth-order valence-corrected chi connectivity index (χ4v) is 3.30. The average molecular weight is 399 g/mol.